The molecule has 1 aliphatic rings. The van der Waals surface area contributed by atoms with Crippen molar-refractivity contribution in [3.8, 4) is 0 Å². The van der Waals surface area contributed by atoms with Gasteiger partial charge >= 0.3 is 0 Å². The lowest BCUT2D eigenvalue weighted by molar-refractivity contribution is 0.942. The van der Waals surface area contributed by atoms with Gasteiger partial charge in [0.2, 0.25) is 0 Å². The summed E-state index contributed by atoms with van der Waals surface area (Å²) in [5, 5.41) is 5.66. The fraction of sp³-hybridized carbons (Fsp3) is 0. The Morgan fingerprint density at radius 3 is 2.75 bits per heavy atom. The van der Waals surface area contributed by atoms with Crippen LogP contribution in [0.25, 0.3) is 0 Å². The third-order valence-electron chi connectivity index (χ3n) is 0.766. The highest BCUT2D eigenvalue weighted by atomic mass is 32.1. The Bertz CT molecular complexity index is 160. The number of rotatable bonds is 0. The predicted octanol–water partition coefficient (Wildman–Crippen LogP) is 0.491. The minimum Gasteiger partial charge on any atom is -0.349 e. The largest absolute Gasteiger partial charge is 0.349 e. The maximum Gasteiger partial charge on any atom is 0.106 e. The Kier molecular flexibility index (Phi) is 1.30. The van der Waals surface area contributed by atoms with E-state index in [0.717, 1.165) is 5.82 Å². The summed E-state index contributed by atoms with van der Waals surface area (Å²) in [4.78, 5) is 0.703. The van der Waals surface area contributed by atoms with Gasteiger partial charge in [0.05, 0.1) is 0 Å². The van der Waals surface area contributed by atoms with E-state index < -0.39 is 0 Å². The van der Waals surface area contributed by atoms with E-state index in [2.05, 4.69) is 17.2 Å². The molecule has 0 aromatic heterocycles. The van der Waals surface area contributed by atoms with E-state index in [-0.39, 0.29) is 0 Å². The van der Waals surface area contributed by atoms with E-state index in [1.165, 1.54) is 0 Å². The molecule has 0 fully saturated rings. The van der Waals surface area contributed by atoms with Crippen LogP contribution in [0, 0.1) is 0 Å². The second-order valence-corrected chi connectivity index (χ2v) is 1.89. The molecule has 8 heavy (non-hydrogen) atoms. The summed E-state index contributed by atoms with van der Waals surface area (Å²) in [5.41, 5.74) is 0. The molecule has 2 N–H and O–H groups in total. The highest BCUT2D eigenvalue weighted by molar-refractivity contribution is 7.80. The first-order valence-corrected chi connectivity index (χ1v) is 2.63. The van der Waals surface area contributed by atoms with Crippen molar-refractivity contribution >= 4 is 17.2 Å². The van der Waals surface area contributed by atoms with E-state index in [4.69, 9.17) is 12.2 Å². The van der Waals surface area contributed by atoms with Gasteiger partial charge in [0.15, 0.2) is 0 Å². The van der Waals surface area contributed by atoms with Gasteiger partial charge in [-0.3, -0.25) is 0 Å². The van der Waals surface area contributed by atoms with E-state index in [1.807, 2.05) is 0 Å². The molecule has 0 spiro atoms. The van der Waals surface area contributed by atoms with Crippen LogP contribution in [0.15, 0.2) is 24.7 Å². The fourth-order valence-electron chi connectivity index (χ4n) is 0.444. The smallest absolute Gasteiger partial charge is 0.106 e. The monoisotopic (exact) mass is 126 g/mol. The zero-order valence-corrected chi connectivity index (χ0v) is 5.09. The molecule has 0 amide bonds. The zero-order valence-electron chi connectivity index (χ0n) is 4.27. The van der Waals surface area contributed by atoms with Crippen LogP contribution in [0.1, 0.15) is 0 Å². The Hall–Kier alpha value is -0.830. The molecule has 0 aliphatic carbocycles. The van der Waals surface area contributed by atoms with E-state index in [9.17, 15) is 0 Å². The average molecular weight is 126 g/mol. The molecule has 1 rings (SSSR count). The first kappa shape index (κ1) is 5.31. The highest BCUT2D eigenvalue weighted by Gasteiger charge is 1.96. The summed E-state index contributed by atoms with van der Waals surface area (Å²) in [7, 11) is 0. The van der Waals surface area contributed by atoms with Crippen molar-refractivity contribution < 1.29 is 0 Å². The Morgan fingerprint density at radius 1 is 1.62 bits per heavy atom. The molecule has 1 heterocycles. The summed E-state index contributed by atoms with van der Waals surface area (Å²) in [6, 6.07) is 0. The molecule has 0 aromatic rings. The van der Waals surface area contributed by atoms with Crippen molar-refractivity contribution in [3.05, 3.63) is 24.7 Å². The maximum absolute atomic E-state index is 4.78. The molecule has 0 saturated heterocycles. The number of hydrogen-bond acceptors (Lipinski definition) is 2. The summed E-state index contributed by atoms with van der Waals surface area (Å²) in [5.74, 6) is 0.734. The molecule has 1 aliphatic heterocycles. The average Bonchev–Trinajstić information content (AvgIpc) is 1.64. The lowest BCUT2D eigenvalue weighted by Gasteiger charge is -2.11. The lowest BCUT2D eigenvalue weighted by Crippen LogP contribution is -2.29. The van der Waals surface area contributed by atoms with Crippen molar-refractivity contribution in [1.29, 1.82) is 0 Å². The second-order valence-electron chi connectivity index (χ2n) is 1.45. The summed E-state index contributed by atoms with van der Waals surface area (Å²) < 4.78 is 0. The van der Waals surface area contributed by atoms with Gasteiger partial charge in [0.1, 0.15) is 10.8 Å². The molecule has 0 unspecified atom stereocenters. The standard InChI is InChI=1S/C5H6N2S/c1-4-6-3-2-5(8)7-4/h2-3,6H,1H2,(H,7,8). The van der Waals surface area contributed by atoms with Crippen LogP contribution in [0.5, 0.6) is 0 Å². The predicted molar refractivity (Wildman–Crippen MR) is 37.1 cm³/mol. The molecule has 0 atom stereocenters. The summed E-state index contributed by atoms with van der Waals surface area (Å²) >= 11 is 4.78. The van der Waals surface area contributed by atoms with Gasteiger partial charge in [-0.2, -0.15) is 0 Å². The lowest BCUT2D eigenvalue weighted by atomic mass is 10.5. The highest BCUT2D eigenvalue weighted by Crippen LogP contribution is 1.87. The molecule has 3 heteroatoms. The molecular formula is C5H6N2S. The molecule has 0 aromatic carbocycles. The summed E-state index contributed by atoms with van der Waals surface area (Å²) in [6.45, 7) is 3.60. The molecule has 0 bridgehead atoms. The van der Waals surface area contributed by atoms with Gasteiger partial charge in [-0.05, 0) is 6.08 Å². The summed E-state index contributed by atoms with van der Waals surface area (Å²) in [6.07, 6.45) is 3.52. The van der Waals surface area contributed by atoms with E-state index >= 15 is 0 Å². The van der Waals surface area contributed by atoms with Crippen LogP contribution in [-0.4, -0.2) is 4.99 Å². The second kappa shape index (κ2) is 1.96. The minimum absolute atomic E-state index is 0.703. The SMILES string of the molecule is C=C1NC=CC(=S)N1. The van der Waals surface area contributed by atoms with Gasteiger partial charge in [-0.1, -0.05) is 18.8 Å². The third kappa shape index (κ3) is 1.07. The molecule has 2 nitrogen and oxygen atoms in total. The number of hydrogen-bond donors (Lipinski definition) is 2. The Balaban J connectivity index is 2.68. The topological polar surface area (TPSA) is 24.1 Å². The van der Waals surface area contributed by atoms with E-state index in [1.54, 1.807) is 12.3 Å². The van der Waals surface area contributed by atoms with Gasteiger partial charge in [-0.25, -0.2) is 0 Å². The van der Waals surface area contributed by atoms with Gasteiger partial charge in [0, 0.05) is 6.20 Å². The van der Waals surface area contributed by atoms with Crippen molar-refractivity contribution in [2.24, 2.45) is 0 Å². The van der Waals surface area contributed by atoms with Crippen LogP contribution in [-0.2, 0) is 0 Å². The fourth-order valence-corrected chi connectivity index (χ4v) is 0.636. The van der Waals surface area contributed by atoms with Crippen LogP contribution < -0.4 is 10.6 Å². The third-order valence-corrected chi connectivity index (χ3v) is 1.00. The van der Waals surface area contributed by atoms with Gasteiger partial charge in [0.25, 0.3) is 0 Å². The van der Waals surface area contributed by atoms with Crippen LogP contribution in [0.3, 0.4) is 0 Å². The first-order chi connectivity index (χ1) is 3.79. The maximum atomic E-state index is 4.78. The number of nitrogens with one attached hydrogen (secondary N) is 2. The van der Waals surface area contributed by atoms with Gasteiger partial charge < -0.3 is 10.6 Å². The molecular weight excluding hydrogens is 120 g/mol. The Morgan fingerprint density at radius 2 is 2.38 bits per heavy atom. The number of thiocarbonyl (C=S) groups is 1. The van der Waals surface area contributed by atoms with Crippen LogP contribution in [0.4, 0.5) is 0 Å². The van der Waals surface area contributed by atoms with E-state index in [0.29, 0.717) is 4.99 Å². The minimum atomic E-state index is 0.703. The van der Waals surface area contributed by atoms with Crippen molar-refractivity contribution in [2.75, 3.05) is 0 Å². The normalized spacial score (nSPS) is 17.5. The Labute approximate surface area is 53.3 Å². The van der Waals surface area contributed by atoms with Crippen molar-refractivity contribution in [2.45, 2.75) is 0 Å². The van der Waals surface area contributed by atoms with Crippen LogP contribution in [0.2, 0.25) is 0 Å². The zero-order chi connectivity index (χ0) is 5.98. The van der Waals surface area contributed by atoms with Crippen molar-refractivity contribution in [3.63, 3.8) is 0 Å². The molecule has 0 radical (unpaired) electrons. The first-order valence-electron chi connectivity index (χ1n) is 2.22. The van der Waals surface area contributed by atoms with Crippen LogP contribution >= 0.6 is 12.2 Å². The van der Waals surface area contributed by atoms with Crippen molar-refractivity contribution in [1.82, 2.24) is 10.6 Å². The molecule has 42 valence electrons. The molecule has 0 saturated carbocycles. The van der Waals surface area contributed by atoms with Gasteiger partial charge in [-0.15, -0.1) is 0 Å². The quantitative estimate of drug-likeness (QED) is 0.462.